The Morgan fingerprint density at radius 3 is 1.90 bits per heavy atom. The second-order valence-corrected chi connectivity index (χ2v) is 9.20. The van der Waals surface area contributed by atoms with Crippen LogP contribution in [0.15, 0.2) is 71.6 Å². The highest BCUT2D eigenvalue weighted by Gasteiger charge is 2.13. The van der Waals surface area contributed by atoms with E-state index in [0.29, 0.717) is 32.2 Å². The monoisotopic (exact) mass is 465 g/mol. The summed E-state index contributed by atoms with van der Waals surface area (Å²) in [4.78, 5) is 0.205. The molecule has 0 radical (unpaired) electrons. The first kappa shape index (κ1) is 21.4. The smallest absolute Gasteiger partial charge is 0.261 e. The van der Waals surface area contributed by atoms with Gasteiger partial charge in [-0.2, -0.15) is 0 Å². The third kappa shape index (κ3) is 6.08. The van der Waals surface area contributed by atoms with E-state index in [1.165, 1.54) is 0 Å². The molecule has 0 aliphatic carbocycles. The summed E-state index contributed by atoms with van der Waals surface area (Å²) in [7, 11) is -3.65. The Balaban J connectivity index is 1.63. The maximum atomic E-state index is 12.5. The fourth-order valence-electron chi connectivity index (χ4n) is 2.47. The van der Waals surface area contributed by atoms with Crippen molar-refractivity contribution in [1.82, 2.24) is 0 Å². The lowest BCUT2D eigenvalue weighted by atomic mass is 10.2. The second kappa shape index (κ2) is 9.00. The first-order chi connectivity index (χ1) is 13.7. The summed E-state index contributed by atoms with van der Waals surface area (Å²) in [6, 6.07) is 18.4. The number of halogens is 2. The molecule has 0 bridgehead atoms. The molecule has 0 aromatic heterocycles. The van der Waals surface area contributed by atoms with Crippen LogP contribution in [-0.4, -0.2) is 13.5 Å². The molecule has 9 heteroatoms. The van der Waals surface area contributed by atoms with Crippen LogP contribution in [0.1, 0.15) is 5.56 Å². The van der Waals surface area contributed by atoms with E-state index in [-0.39, 0.29) is 4.90 Å². The summed E-state index contributed by atoms with van der Waals surface area (Å²) >= 11 is 17.2. The normalized spacial score (nSPS) is 11.0. The van der Waals surface area contributed by atoms with Gasteiger partial charge in [0.1, 0.15) is 0 Å². The molecule has 0 fully saturated rings. The van der Waals surface area contributed by atoms with E-state index in [1.807, 2.05) is 6.92 Å². The molecule has 0 aliphatic heterocycles. The Hall–Kier alpha value is -2.32. The number of benzene rings is 3. The zero-order valence-electron chi connectivity index (χ0n) is 15.2. The molecule has 0 saturated carbocycles. The van der Waals surface area contributed by atoms with Gasteiger partial charge < -0.3 is 10.6 Å². The molecule has 3 rings (SSSR count). The van der Waals surface area contributed by atoms with Crippen LogP contribution < -0.4 is 15.4 Å². The van der Waals surface area contributed by atoms with Crippen LogP contribution in [0, 0.1) is 6.92 Å². The van der Waals surface area contributed by atoms with E-state index in [0.717, 1.165) is 5.56 Å². The fraction of sp³-hybridized carbons (Fsp3) is 0.0500. The summed E-state index contributed by atoms with van der Waals surface area (Å²) in [5.74, 6) is 0. The quantitative estimate of drug-likeness (QED) is 0.408. The molecule has 0 atom stereocenters. The van der Waals surface area contributed by atoms with Crippen molar-refractivity contribution in [2.45, 2.75) is 11.8 Å². The molecule has 150 valence electrons. The van der Waals surface area contributed by atoms with Crippen molar-refractivity contribution >= 4 is 67.6 Å². The van der Waals surface area contributed by atoms with Crippen LogP contribution in [-0.2, 0) is 10.0 Å². The zero-order chi connectivity index (χ0) is 21.0. The average Bonchev–Trinajstić information content (AvgIpc) is 2.62. The molecular weight excluding hydrogens is 449 g/mol. The summed E-state index contributed by atoms with van der Waals surface area (Å²) in [6.45, 7) is 1.90. The van der Waals surface area contributed by atoms with E-state index in [2.05, 4.69) is 15.4 Å². The van der Waals surface area contributed by atoms with E-state index < -0.39 is 10.0 Å². The molecule has 0 amide bonds. The fourth-order valence-corrected chi connectivity index (χ4v) is 4.29. The number of anilines is 3. The highest BCUT2D eigenvalue weighted by Crippen LogP contribution is 2.23. The van der Waals surface area contributed by atoms with Gasteiger partial charge in [0.15, 0.2) is 5.11 Å². The van der Waals surface area contributed by atoms with Crippen LogP contribution in [0.3, 0.4) is 0 Å². The molecule has 29 heavy (non-hydrogen) atoms. The van der Waals surface area contributed by atoms with Crippen molar-refractivity contribution < 1.29 is 8.42 Å². The molecule has 3 aromatic rings. The third-order valence-electron chi connectivity index (χ3n) is 3.85. The lowest BCUT2D eigenvalue weighted by Gasteiger charge is -2.12. The summed E-state index contributed by atoms with van der Waals surface area (Å²) in [6.07, 6.45) is 0. The predicted molar refractivity (Wildman–Crippen MR) is 125 cm³/mol. The van der Waals surface area contributed by atoms with Crippen LogP contribution >= 0.6 is 35.4 Å². The molecule has 0 aliphatic rings. The van der Waals surface area contributed by atoms with E-state index >= 15 is 0 Å². The zero-order valence-corrected chi connectivity index (χ0v) is 18.4. The molecule has 0 saturated heterocycles. The molecular formula is C20H17Cl2N3O2S2. The van der Waals surface area contributed by atoms with E-state index in [1.54, 1.807) is 66.7 Å². The molecule has 0 heterocycles. The summed E-state index contributed by atoms with van der Waals surface area (Å²) < 4.78 is 27.5. The Bertz CT molecular complexity index is 1110. The number of sulfonamides is 1. The van der Waals surface area contributed by atoms with Crippen molar-refractivity contribution in [3.8, 4) is 0 Å². The molecule has 3 N–H and O–H groups in total. The lowest BCUT2D eigenvalue weighted by Crippen LogP contribution is -2.19. The van der Waals surface area contributed by atoms with Crippen LogP contribution in [0.4, 0.5) is 17.1 Å². The number of hydrogen-bond acceptors (Lipinski definition) is 3. The van der Waals surface area contributed by atoms with Crippen molar-refractivity contribution in [1.29, 1.82) is 0 Å². The number of aryl methyl sites for hydroxylation is 1. The van der Waals surface area contributed by atoms with E-state index in [9.17, 15) is 8.42 Å². The predicted octanol–water partition coefficient (Wildman–Crippen LogP) is 5.91. The number of hydrogen-bond donors (Lipinski definition) is 3. The van der Waals surface area contributed by atoms with Crippen LogP contribution in [0.2, 0.25) is 10.0 Å². The van der Waals surface area contributed by atoms with Crippen molar-refractivity contribution in [2.24, 2.45) is 0 Å². The standard InChI is InChI=1S/C20H17Cl2N3O2S2/c1-13-2-8-19(9-3-13)29(26,27)25-17-6-4-16(5-7-17)23-20(28)24-18-11-14(21)10-15(22)12-18/h2-12,25H,1H3,(H2,23,24,28). The number of thiocarbonyl (C=S) groups is 1. The SMILES string of the molecule is Cc1ccc(S(=O)(=O)Nc2ccc(NC(=S)Nc3cc(Cl)cc(Cl)c3)cc2)cc1. The number of rotatable bonds is 5. The highest BCUT2D eigenvalue weighted by molar-refractivity contribution is 7.92. The Morgan fingerprint density at radius 1 is 0.793 bits per heavy atom. The van der Waals surface area contributed by atoms with Crippen molar-refractivity contribution in [3.05, 3.63) is 82.3 Å². The van der Waals surface area contributed by atoms with E-state index in [4.69, 9.17) is 35.4 Å². The largest absolute Gasteiger partial charge is 0.332 e. The van der Waals surface area contributed by atoms with Gasteiger partial charge in [0, 0.05) is 27.1 Å². The highest BCUT2D eigenvalue weighted by atomic mass is 35.5. The summed E-state index contributed by atoms with van der Waals surface area (Å²) in [5, 5.41) is 7.34. The minimum atomic E-state index is -3.65. The van der Waals surface area contributed by atoms with Gasteiger partial charge in [0.2, 0.25) is 0 Å². The maximum Gasteiger partial charge on any atom is 0.261 e. The maximum absolute atomic E-state index is 12.5. The first-order valence-electron chi connectivity index (χ1n) is 8.45. The van der Waals surface area contributed by atoms with Gasteiger partial charge in [-0.25, -0.2) is 8.42 Å². The minimum Gasteiger partial charge on any atom is -0.332 e. The average molecular weight is 466 g/mol. The van der Waals surface area contributed by atoms with Gasteiger partial charge >= 0.3 is 0 Å². The molecule has 5 nitrogen and oxygen atoms in total. The topological polar surface area (TPSA) is 70.2 Å². The minimum absolute atomic E-state index is 0.205. The Kier molecular flexibility index (Phi) is 6.64. The lowest BCUT2D eigenvalue weighted by molar-refractivity contribution is 0.601. The van der Waals surface area contributed by atoms with Crippen molar-refractivity contribution in [3.63, 3.8) is 0 Å². The van der Waals surface area contributed by atoms with Gasteiger partial charge in [-0.05, 0) is 73.7 Å². The van der Waals surface area contributed by atoms with Crippen LogP contribution in [0.5, 0.6) is 0 Å². The third-order valence-corrected chi connectivity index (χ3v) is 5.88. The molecule has 3 aromatic carbocycles. The van der Waals surface area contributed by atoms with Crippen LogP contribution in [0.25, 0.3) is 0 Å². The number of nitrogens with one attached hydrogen (secondary N) is 3. The van der Waals surface area contributed by atoms with Gasteiger partial charge in [0.05, 0.1) is 4.90 Å². The van der Waals surface area contributed by atoms with Gasteiger partial charge in [-0.3, -0.25) is 4.72 Å². The Labute approximate surface area is 185 Å². The van der Waals surface area contributed by atoms with Crippen molar-refractivity contribution in [2.75, 3.05) is 15.4 Å². The first-order valence-corrected chi connectivity index (χ1v) is 11.1. The van der Waals surface area contributed by atoms with Gasteiger partial charge in [-0.1, -0.05) is 40.9 Å². The summed E-state index contributed by atoms with van der Waals surface area (Å²) in [5.41, 5.74) is 2.78. The van der Waals surface area contributed by atoms with Gasteiger partial charge in [0.25, 0.3) is 10.0 Å². The molecule has 0 unspecified atom stereocenters. The van der Waals surface area contributed by atoms with Gasteiger partial charge in [-0.15, -0.1) is 0 Å². The Morgan fingerprint density at radius 2 is 1.31 bits per heavy atom. The molecule has 0 spiro atoms. The second-order valence-electron chi connectivity index (χ2n) is 6.23.